The second-order valence-corrected chi connectivity index (χ2v) is 5.93. The molecular weight excluding hydrogens is 298 g/mol. The molecule has 3 rings (SSSR count). The molecule has 4 nitrogen and oxygen atoms in total. The number of benzene rings is 1. The molecule has 1 aromatic carbocycles. The van der Waals surface area contributed by atoms with Crippen molar-refractivity contribution in [2.75, 3.05) is 18.8 Å². The normalized spacial score (nSPS) is 18.0. The van der Waals surface area contributed by atoms with Crippen molar-refractivity contribution in [3.63, 3.8) is 0 Å². The SMILES string of the molecule is Nc1ccnc(CN2CCC([C@@H](F)c3ccccc3F)CC2)n1. The van der Waals surface area contributed by atoms with Crippen molar-refractivity contribution >= 4 is 5.82 Å². The van der Waals surface area contributed by atoms with E-state index in [1.54, 1.807) is 24.4 Å². The van der Waals surface area contributed by atoms with Gasteiger partial charge in [0.1, 0.15) is 23.6 Å². The zero-order chi connectivity index (χ0) is 16.2. The molecule has 1 aromatic heterocycles. The number of aromatic nitrogens is 2. The van der Waals surface area contributed by atoms with Crippen LogP contribution in [0.3, 0.4) is 0 Å². The summed E-state index contributed by atoms with van der Waals surface area (Å²) in [5, 5.41) is 0. The molecule has 0 unspecified atom stereocenters. The summed E-state index contributed by atoms with van der Waals surface area (Å²) >= 11 is 0. The predicted molar refractivity (Wildman–Crippen MR) is 84.7 cm³/mol. The first-order valence-corrected chi connectivity index (χ1v) is 7.81. The third kappa shape index (κ3) is 3.82. The summed E-state index contributed by atoms with van der Waals surface area (Å²) in [7, 11) is 0. The van der Waals surface area contributed by atoms with Crippen LogP contribution in [-0.2, 0) is 6.54 Å². The Balaban J connectivity index is 1.57. The molecule has 2 heterocycles. The van der Waals surface area contributed by atoms with Gasteiger partial charge in [0.2, 0.25) is 0 Å². The molecule has 1 aliphatic rings. The molecule has 0 radical (unpaired) electrons. The van der Waals surface area contributed by atoms with Crippen molar-refractivity contribution in [2.45, 2.75) is 25.6 Å². The highest BCUT2D eigenvalue weighted by molar-refractivity contribution is 5.25. The van der Waals surface area contributed by atoms with Crippen molar-refractivity contribution in [1.82, 2.24) is 14.9 Å². The molecular formula is C17H20F2N4. The van der Waals surface area contributed by atoms with Crippen molar-refractivity contribution in [1.29, 1.82) is 0 Å². The van der Waals surface area contributed by atoms with Crippen LogP contribution in [0.5, 0.6) is 0 Å². The number of piperidine rings is 1. The molecule has 1 aliphatic heterocycles. The van der Waals surface area contributed by atoms with Gasteiger partial charge in [-0.2, -0.15) is 0 Å². The first-order chi connectivity index (χ1) is 11.1. The summed E-state index contributed by atoms with van der Waals surface area (Å²) in [5.74, 6) is 0.517. The molecule has 1 atom stereocenters. The Hall–Kier alpha value is -2.08. The molecule has 122 valence electrons. The minimum absolute atomic E-state index is 0.148. The summed E-state index contributed by atoms with van der Waals surface area (Å²) in [6.07, 6.45) is 1.78. The van der Waals surface area contributed by atoms with Gasteiger partial charge in [-0.15, -0.1) is 0 Å². The zero-order valence-electron chi connectivity index (χ0n) is 12.8. The molecule has 0 amide bonds. The van der Waals surface area contributed by atoms with Crippen LogP contribution in [0, 0.1) is 11.7 Å². The fourth-order valence-electron chi connectivity index (χ4n) is 3.05. The van der Waals surface area contributed by atoms with Crippen LogP contribution in [0.15, 0.2) is 36.5 Å². The van der Waals surface area contributed by atoms with E-state index >= 15 is 0 Å². The number of nitrogen functional groups attached to an aromatic ring is 1. The van der Waals surface area contributed by atoms with Gasteiger partial charge in [0.15, 0.2) is 0 Å². The van der Waals surface area contributed by atoms with Gasteiger partial charge in [0, 0.05) is 11.8 Å². The lowest BCUT2D eigenvalue weighted by atomic mass is 9.88. The number of alkyl halides is 1. The molecule has 0 aliphatic carbocycles. The van der Waals surface area contributed by atoms with E-state index < -0.39 is 12.0 Å². The van der Waals surface area contributed by atoms with E-state index in [1.807, 2.05) is 0 Å². The minimum atomic E-state index is -1.25. The quantitative estimate of drug-likeness (QED) is 0.941. The molecule has 0 saturated carbocycles. The van der Waals surface area contributed by atoms with Crippen molar-refractivity contribution in [3.8, 4) is 0 Å². The van der Waals surface area contributed by atoms with E-state index in [-0.39, 0.29) is 11.5 Å². The number of anilines is 1. The van der Waals surface area contributed by atoms with Gasteiger partial charge in [-0.3, -0.25) is 4.90 Å². The van der Waals surface area contributed by atoms with Crippen molar-refractivity contribution < 1.29 is 8.78 Å². The fourth-order valence-corrected chi connectivity index (χ4v) is 3.05. The maximum absolute atomic E-state index is 14.6. The highest BCUT2D eigenvalue weighted by atomic mass is 19.1. The Morgan fingerprint density at radius 2 is 1.96 bits per heavy atom. The largest absolute Gasteiger partial charge is 0.384 e. The molecule has 2 aromatic rings. The molecule has 0 spiro atoms. The molecule has 6 heteroatoms. The fraction of sp³-hybridized carbons (Fsp3) is 0.412. The van der Waals surface area contributed by atoms with Crippen LogP contribution in [-0.4, -0.2) is 28.0 Å². The first kappa shape index (κ1) is 15.8. The van der Waals surface area contributed by atoms with Crippen LogP contribution >= 0.6 is 0 Å². The summed E-state index contributed by atoms with van der Waals surface area (Å²) in [6.45, 7) is 2.10. The van der Waals surface area contributed by atoms with Crippen LogP contribution < -0.4 is 5.73 Å². The number of nitrogens with zero attached hydrogens (tertiary/aromatic N) is 3. The molecule has 2 N–H and O–H groups in total. The standard InChI is InChI=1S/C17H20F2N4/c18-14-4-2-1-3-13(14)17(19)12-6-9-23(10-7-12)11-16-21-8-5-15(20)22-16/h1-5,8,12,17H,6-7,9-11H2,(H2,20,21,22)/t17-/m1/s1. The van der Waals surface area contributed by atoms with Gasteiger partial charge >= 0.3 is 0 Å². The van der Waals surface area contributed by atoms with Gasteiger partial charge < -0.3 is 5.73 Å². The number of halogens is 2. The van der Waals surface area contributed by atoms with Crippen LogP contribution in [0.25, 0.3) is 0 Å². The van der Waals surface area contributed by atoms with Crippen molar-refractivity contribution in [2.24, 2.45) is 5.92 Å². The Kier molecular flexibility index (Phi) is 4.81. The number of likely N-dealkylation sites (tertiary alicyclic amines) is 1. The Bertz CT molecular complexity index is 657. The minimum Gasteiger partial charge on any atom is -0.384 e. The Labute approximate surface area is 134 Å². The van der Waals surface area contributed by atoms with E-state index in [4.69, 9.17) is 5.73 Å². The third-order valence-corrected chi connectivity index (χ3v) is 4.34. The third-order valence-electron chi connectivity index (χ3n) is 4.34. The summed E-state index contributed by atoms with van der Waals surface area (Å²) < 4.78 is 28.3. The monoisotopic (exact) mass is 318 g/mol. The molecule has 1 fully saturated rings. The number of nitrogens with two attached hydrogens (primary N) is 1. The van der Waals surface area contributed by atoms with E-state index in [0.29, 0.717) is 31.0 Å². The van der Waals surface area contributed by atoms with Gasteiger partial charge in [-0.1, -0.05) is 18.2 Å². The summed E-state index contributed by atoms with van der Waals surface area (Å²) in [6, 6.07) is 7.76. The Morgan fingerprint density at radius 1 is 1.22 bits per heavy atom. The van der Waals surface area contributed by atoms with Crippen LogP contribution in [0.2, 0.25) is 0 Å². The number of hydrogen-bond donors (Lipinski definition) is 1. The van der Waals surface area contributed by atoms with E-state index in [9.17, 15) is 8.78 Å². The second-order valence-electron chi connectivity index (χ2n) is 5.93. The lowest BCUT2D eigenvalue weighted by Gasteiger charge is -2.33. The van der Waals surface area contributed by atoms with Crippen molar-refractivity contribution in [3.05, 3.63) is 53.7 Å². The maximum Gasteiger partial charge on any atom is 0.144 e. The molecule has 1 saturated heterocycles. The van der Waals surface area contributed by atoms with Gasteiger partial charge in [-0.05, 0) is 44.0 Å². The Morgan fingerprint density at radius 3 is 2.65 bits per heavy atom. The predicted octanol–water partition coefficient (Wildman–Crippen LogP) is 3.12. The lowest BCUT2D eigenvalue weighted by molar-refractivity contribution is 0.113. The lowest BCUT2D eigenvalue weighted by Crippen LogP contribution is -2.35. The number of hydrogen-bond acceptors (Lipinski definition) is 4. The van der Waals surface area contributed by atoms with E-state index in [1.165, 1.54) is 12.1 Å². The van der Waals surface area contributed by atoms with Gasteiger partial charge in [0.25, 0.3) is 0 Å². The maximum atomic E-state index is 14.6. The highest BCUT2D eigenvalue weighted by Crippen LogP contribution is 2.35. The topological polar surface area (TPSA) is 55.0 Å². The average Bonchev–Trinajstić information content (AvgIpc) is 2.55. The average molecular weight is 318 g/mol. The summed E-state index contributed by atoms with van der Waals surface area (Å²) in [5.41, 5.74) is 5.82. The van der Waals surface area contributed by atoms with Gasteiger partial charge in [0.05, 0.1) is 6.54 Å². The van der Waals surface area contributed by atoms with Gasteiger partial charge in [-0.25, -0.2) is 18.7 Å². The highest BCUT2D eigenvalue weighted by Gasteiger charge is 2.29. The molecule has 0 bridgehead atoms. The second kappa shape index (κ2) is 7.00. The zero-order valence-corrected chi connectivity index (χ0v) is 12.8. The first-order valence-electron chi connectivity index (χ1n) is 7.81. The molecule has 23 heavy (non-hydrogen) atoms. The smallest absolute Gasteiger partial charge is 0.144 e. The van der Waals surface area contributed by atoms with Crippen LogP contribution in [0.4, 0.5) is 14.6 Å². The van der Waals surface area contributed by atoms with E-state index in [2.05, 4.69) is 14.9 Å². The number of rotatable bonds is 4. The van der Waals surface area contributed by atoms with Crippen LogP contribution in [0.1, 0.15) is 30.4 Å². The van der Waals surface area contributed by atoms with E-state index in [0.717, 1.165) is 13.1 Å². The summed E-state index contributed by atoms with van der Waals surface area (Å²) in [4.78, 5) is 10.6.